The monoisotopic (exact) mass is 214 g/mol. The molecule has 84 valence electrons. The van der Waals surface area contributed by atoms with Crippen LogP contribution in [0, 0.1) is 13.8 Å². The number of rotatable bonds is 4. The van der Waals surface area contributed by atoms with Crippen molar-refractivity contribution in [3.63, 3.8) is 0 Å². The lowest BCUT2D eigenvalue weighted by Gasteiger charge is -2.04. The molecule has 0 saturated heterocycles. The van der Waals surface area contributed by atoms with E-state index in [1.54, 1.807) is 13.8 Å². The van der Waals surface area contributed by atoms with Crippen molar-refractivity contribution in [3.05, 3.63) is 17.0 Å². The Morgan fingerprint density at radius 1 is 1.60 bits per heavy atom. The summed E-state index contributed by atoms with van der Waals surface area (Å²) in [5.74, 6) is 0.676. The molecule has 1 heterocycles. The Morgan fingerprint density at radius 2 is 2.33 bits per heavy atom. The van der Waals surface area contributed by atoms with Gasteiger partial charge in [0, 0.05) is 5.56 Å². The highest BCUT2D eigenvalue weighted by molar-refractivity contribution is 5.67. The Labute approximate surface area is 87.2 Å². The van der Waals surface area contributed by atoms with Gasteiger partial charge in [0.2, 0.25) is 0 Å². The number of aryl methyl sites for hydroxylation is 2. The van der Waals surface area contributed by atoms with E-state index in [1.165, 1.54) is 0 Å². The van der Waals surface area contributed by atoms with Gasteiger partial charge in [-0.25, -0.2) is 4.79 Å². The number of nitrogens with one attached hydrogen (secondary N) is 1. The number of carbonyl (C=O) groups is 1. The summed E-state index contributed by atoms with van der Waals surface area (Å²) in [5, 5.41) is 14.7. The first-order chi connectivity index (χ1) is 7.15. The molecule has 0 radical (unpaired) electrons. The molecule has 0 aliphatic rings. The van der Waals surface area contributed by atoms with Gasteiger partial charge >= 0.3 is 6.09 Å². The largest absolute Gasteiger partial charge is 0.447 e. The van der Waals surface area contributed by atoms with E-state index in [2.05, 4.69) is 15.2 Å². The van der Waals surface area contributed by atoms with Crippen LogP contribution in [-0.4, -0.2) is 29.6 Å². The number of aliphatic hydroxyl groups is 1. The van der Waals surface area contributed by atoms with Crippen LogP contribution < -0.4 is 5.32 Å². The second-order valence-corrected chi connectivity index (χ2v) is 3.02. The fourth-order valence-corrected chi connectivity index (χ4v) is 1.10. The zero-order valence-electron chi connectivity index (χ0n) is 8.74. The number of carbonyl (C=O) groups excluding carboxylic acids is 1. The summed E-state index contributed by atoms with van der Waals surface area (Å²) < 4.78 is 9.54. The maximum Gasteiger partial charge on any atom is 0.407 e. The van der Waals surface area contributed by atoms with Crippen molar-refractivity contribution in [3.8, 4) is 0 Å². The Kier molecular flexibility index (Phi) is 4.11. The van der Waals surface area contributed by atoms with Crippen molar-refractivity contribution in [1.82, 2.24) is 10.5 Å². The normalized spacial score (nSPS) is 10.1. The highest BCUT2D eigenvalue weighted by Crippen LogP contribution is 2.11. The van der Waals surface area contributed by atoms with Crippen molar-refractivity contribution in [2.45, 2.75) is 20.4 Å². The van der Waals surface area contributed by atoms with Gasteiger partial charge in [-0.15, -0.1) is 0 Å². The quantitative estimate of drug-likeness (QED) is 0.762. The molecule has 0 spiro atoms. The summed E-state index contributed by atoms with van der Waals surface area (Å²) in [4.78, 5) is 11.0. The van der Waals surface area contributed by atoms with Crippen LogP contribution in [0.25, 0.3) is 0 Å². The molecule has 1 rings (SSSR count). The van der Waals surface area contributed by atoms with Gasteiger partial charge in [0.15, 0.2) is 0 Å². The molecule has 0 atom stereocenters. The summed E-state index contributed by atoms with van der Waals surface area (Å²) in [6.07, 6.45) is -0.566. The van der Waals surface area contributed by atoms with E-state index in [0.717, 1.165) is 11.3 Å². The first-order valence-corrected chi connectivity index (χ1v) is 4.58. The van der Waals surface area contributed by atoms with Gasteiger partial charge in [0.05, 0.1) is 18.8 Å². The molecule has 15 heavy (non-hydrogen) atoms. The molecule has 1 aromatic heterocycles. The fraction of sp³-hybridized carbons (Fsp3) is 0.556. The number of nitrogens with zero attached hydrogens (tertiary/aromatic N) is 1. The summed E-state index contributed by atoms with van der Waals surface area (Å²) in [6.45, 7) is 3.69. The minimum atomic E-state index is -0.566. The van der Waals surface area contributed by atoms with Crippen LogP contribution in [0.5, 0.6) is 0 Å². The van der Waals surface area contributed by atoms with Crippen molar-refractivity contribution < 1.29 is 19.2 Å². The van der Waals surface area contributed by atoms with E-state index in [-0.39, 0.29) is 13.2 Å². The molecule has 0 unspecified atom stereocenters. The van der Waals surface area contributed by atoms with Crippen LogP contribution in [0.15, 0.2) is 4.52 Å². The van der Waals surface area contributed by atoms with Gasteiger partial charge in [0.25, 0.3) is 0 Å². The summed E-state index contributed by atoms with van der Waals surface area (Å²) in [5.41, 5.74) is 1.59. The second kappa shape index (κ2) is 5.35. The lowest BCUT2D eigenvalue weighted by molar-refractivity contribution is 0.119. The number of aliphatic hydroxyl groups excluding tert-OH is 1. The van der Waals surface area contributed by atoms with E-state index in [4.69, 9.17) is 9.63 Å². The van der Waals surface area contributed by atoms with Gasteiger partial charge in [-0.05, 0) is 13.8 Å². The Balaban J connectivity index is 2.40. The molecule has 0 fully saturated rings. The van der Waals surface area contributed by atoms with Crippen LogP contribution in [-0.2, 0) is 11.3 Å². The number of hydrogen-bond acceptors (Lipinski definition) is 5. The molecule has 0 aliphatic carbocycles. The van der Waals surface area contributed by atoms with E-state index in [9.17, 15) is 4.79 Å². The van der Waals surface area contributed by atoms with Gasteiger partial charge in [-0.1, -0.05) is 5.16 Å². The highest BCUT2D eigenvalue weighted by atomic mass is 16.6. The fourth-order valence-electron chi connectivity index (χ4n) is 1.10. The number of alkyl carbamates (subject to hydrolysis) is 1. The predicted molar refractivity (Wildman–Crippen MR) is 51.3 cm³/mol. The molecule has 0 bridgehead atoms. The van der Waals surface area contributed by atoms with Crippen LogP contribution in [0.4, 0.5) is 4.79 Å². The minimum Gasteiger partial charge on any atom is -0.447 e. The zero-order valence-corrected chi connectivity index (χ0v) is 8.74. The first kappa shape index (κ1) is 11.5. The molecular formula is C9H14N2O4. The predicted octanol–water partition coefficient (Wildman–Crippen LogP) is 0.510. The van der Waals surface area contributed by atoms with Crippen molar-refractivity contribution >= 4 is 6.09 Å². The topological polar surface area (TPSA) is 84.6 Å². The van der Waals surface area contributed by atoms with Crippen LogP contribution >= 0.6 is 0 Å². The molecule has 1 amide bonds. The Hall–Kier alpha value is -1.56. The third-order valence-corrected chi connectivity index (χ3v) is 1.92. The average Bonchev–Trinajstić information content (AvgIpc) is 2.53. The van der Waals surface area contributed by atoms with Gasteiger partial charge in [-0.2, -0.15) is 0 Å². The Bertz CT molecular complexity index is 315. The van der Waals surface area contributed by atoms with Crippen LogP contribution in [0.2, 0.25) is 0 Å². The van der Waals surface area contributed by atoms with E-state index >= 15 is 0 Å². The van der Waals surface area contributed by atoms with E-state index in [0.29, 0.717) is 12.3 Å². The van der Waals surface area contributed by atoms with E-state index in [1.807, 2.05) is 0 Å². The molecule has 6 nitrogen and oxygen atoms in total. The molecule has 0 aromatic carbocycles. The van der Waals surface area contributed by atoms with Crippen LogP contribution in [0.3, 0.4) is 0 Å². The lowest BCUT2D eigenvalue weighted by atomic mass is 10.2. The lowest BCUT2D eigenvalue weighted by Crippen LogP contribution is -2.25. The average molecular weight is 214 g/mol. The third-order valence-electron chi connectivity index (χ3n) is 1.92. The summed E-state index contributed by atoms with van der Waals surface area (Å²) >= 11 is 0. The van der Waals surface area contributed by atoms with Crippen molar-refractivity contribution in [2.24, 2.45) is 0 Å². The highest BCUT2D eigenvalue weighted by Gasteiger charge is 2.10. The summed E-state index contributed by atoms with van der Waals surface area (Å²) in [6, 6.07) is 0. The van der Waals surface area contributed by atoms with Crippen molar-refractivity contribution in [2.75, 3.05) is 13.2 Å². The van der Waals surface area contributed by atoms with Gasteiger partial charge in [-0.3, -0.25) is 0 Å². The molecule has 0 aliphatic heterocycles. The standard InChI is InChI=1S/C9H14N2O4/c1-6-8(7(2)15-11-6)5-10-9(13)14-4-3-12/h12H,3-5H2,1-2H3,(H,10,13). The maximum absolute atomic E-state index is 11.0. The molecule has 6 heteroatoms. The number of hydrogen-bond donors (Lipinski definition) is 2. The van der Waals surface area contributed by atoms with Crippen LogP contribution in [0.1, 0.15) is 17.0 Å². The molecule has 0 saturated carbocycles. The molecule has 1 aromatic rings. The number of ether oxygens (including phenoxy) is 1. The zero-order chi connectivity index (χ0) is 11.3. The SMILES string of the molecule is Cc1noc(C)c1CNC(=O)OCCO. The maximum atomic E-state index is 11.0. The first-order valence-electron chi connectivity index (χ1n) is 4.58. The summed E-state index contributed by atoms with van der Waals surface area (Å²) in [7, 11) is 0. The number of amides is 1. The molecule has 2 N–H and O–H groups in total. The molecular weight excluding hydrogens is 200 g/mol. The minimum absolute atomic E-state index is 0.00651. The smallest absolute Gasteiger partial charge is 0.407 e. The second-order valence-electron chi connectivity index (χ2n) is 3.02. The van der Waals surface area contributed by atoms with Gasteiger partial charge in [0.1, 0.15) is 12.4 Å². The van der Waals surface area contributed by atoms with Gasteiger partial charge < -0.3 is 19.7 Å². The van der Waals surface area contributed by atoms with Crippen molar-refractivity contribution in [1.29, 1.82) is 0 Å². The third kappa shape index (κ3) is 3.25. The number of aromatic nitrogens is 1. The Morgan fingerprint density at radius 3 is 2.87 bits per heavy atom. The van der Waals surface area contributed by atoms with E-state index < -0.39 is 6.09 Å².